The molecule has 1 aromatic carbocycles. The van der Waals surface area contributed by atoms with Crippen LogP contribution in [-0.4, -0.2) is 9.97 Å². The van der Waals surface area contributed by atoms with Gasteiger partial charge in [-0.25, -0.2) is 9.97 Å². The summed E-state index contributed by atoms with van der Waals surface area (Å²) in [5.41, 5.74) is 7.49. The molecule has 0 atom stereocenters. The molecule has 19 heavy (non-hydrogen) atoms. The van der Waals surface area contributed by atoms with Crippen molar-refractivity contribution in [2.45, 2.75) is 26.2 Å². The van der Waals surface area contributed by atoms with Crippen LogP contribution in [0.3, 0.4) is 0 Å². The summed E-state index contributed by atoms with van der Waals surface area (Å²) < 4.78 is 0.746. The van der Waals surface area contributed by atoms with E-state index in [0.29, 0.717) is 16.7 Å². The number of nitrogen functional groups attached to an aromatic ring is 1. The summed E-state index contributed by atoms with van der Waals surface area (Å²) in [6, 6.07) is 7.48. The van der Waals surface area contributed by atoms with Crippen LogP contribution in [0.4, 0.5) is 5.82 Å². The van der Waals surface area contributed by atoms with E-state index in [4.69, 9.17) is 17.3 Å². The molecule has 5 heteroatoms. The lowest BCUT2D eigenvalue weighted by molar-refractivity contribution is 0.565. The van der Waals surface area contributed by atoms with Crippen LogP contribution in [0.2, 0.25) is 5.02 Å². The molecule has 0 unspecified atom stereocenters. The minimum Gasteiger partial charge on any atom is -0.383 e. The standard InChI is InChI=1S/C14H15BrClN3/c1-14(2,3)11-10(15)12(17)19-13(18-11)8-6-4-5-7-9(8)16/h4-7H,1-3H3,(H2,17,18,19). The number of nitrogens with two attached hydrogens (primary N) is 1. The van der Waals surface area contributed by atoms with Crippen LogP contribution in [0.15, 0.2) is 28.7 Å². The average Bonchev–Trinajstić information content (AvgIpc) is 2.31. The zero-order valence-corrected chi connectivity index (χ0v) is 13.4. The highest BCUT2D eigenvalue weighted by atomic mass is 79.9. The third-order valence-electron chi connectivity index (χ3n) is 2.70. The average molecular weight is 341 g/mol. The van der Waals surface area contributed by atoms with Gasteiger partial charge in [-0.2, -0.15) is 0 Å². The van der Waals surface area contributed by atoms with Gasteiger partial charge in [0.1, 0.15) is 5.82 Å². The molecule has 3 nitrogen and oxygen atoms in total. The van der Waals surface area contributed by atoms with Crippen molar-refractivity contribution in [3.8, 4) is 11.4 Å². The molecule has 0 saturated heterocycles. The Morgan fingerprint density at radius 2 is 1.79 bits per heavy atom. The summed E-state index contributed by atoms with van der Waals surface area (Å²) in [6.45, 7) is 6.24. The van der Waals surface area contributed by atoms with Crippen molar-refractivity contribution in [3.05, 3.63) is 39.5 Å². The number of rotatable bonds is 1. The maximum Gasteiger partial charge on any atom is 0.163 e. The maximum absolute atomic E-state index is 6.18. The fourth-order valence-electron chi connectivity index (χ4n) is 1.72. The number of anilines is 1. The van der Waals surface area contributed by atoms with E-state index in [1.807, 2.05) is 24.3 Å². The van der Waals surface area contributed by atoms with Crippen LogP contribution < -0.4 is 5.73 Å². The summed E-state index contributed by atoms with van der Waals surface area (Å²) >= 11 is 9.64. The van der Waals surface area contributed by atoms with E-state index in [1.54, 1.807) is 0 Å². The van der Waals surface area contributed by atoms with E-state index in [1.165, 1.54) is 0 Å². The first-order valence-electron chi connectivity index (χ1n) is 5.89. The van der Waals surface area contributed by atoms with Gasteiger partial charge < -0.3 is 5.73 Å². The van der Waals surface area contributed by atoms with Gasteiger partial charge >= 0.3 is 0 Å². The minimum absolute atomic E-state index is 0.133. The molecule has 0 fully saturated rings. The highest BCUT2D eigenvalue weighted by Gasteiger charge is 2.23. The second-order valence-electron chi connectivity index (χ2n) is 5.32. The zero-order chi connectivity index (χ0) is 14.2. The number of benzene rings is 1. The van der Waals surface area contributed by atoms with Crippen LogP contribution in [0.25, 0.3) is 11.4 Å². The summed E-state index contributed by atoms with van der Waals surface area (Å²) in [4.78, 5) is 8.93. The Kier molecular flexibility index (Phi) is 3.83. The van der Waals surface area contributed by atoms with Gasteiger partial charge in [-0.15, -0.1) is 0 Å². The van der Waals surface area contributed by atoms with E-state index < -0.39 is 0 Å². The molecule has 0 radical (unpaired) electrons. The number of nitrogens with zero attached hydrogens (tertiary/aromatic N) is 2. The summed E-state index contributed by atoms with van der Waals surface area (Å²) in [7, 11) is 0. The molecule has 100 valence electrons. The van der Waals surface area contributed by atoms with E-state index in [0.717, 1.165) is 15.7 Å². The Bertz CT molecular complexity index is 621. The van der Waals surface area contributed by atoms with E-state index in [-0.39, 0.29) is 5.41 Å². The number of hydrogen-bond acceptors (Lipinski definition) is 3. The summed E-state index contributed by atoms with van der Waals surface area (Å²) in [5.74, 6) is 0.978. The lowest BCUT2D eigenvalue weighted by Gasteiger charge is -2.21. The molecule has 2 rings (SSSR count). The maximum atomic E-state index is 6.18. The molecule has 2 aromatic rings. The Morgan fingerprint density at radius 1 is 1.16 bits per heavy atom. The molecular formula is C14H15BrClN3. The van der Waals surface area contributed by atoms with Gasteiger partial charge in [-0.3, -0.25) is 0 Å². The van der Waals surface area contributed by atoms with Crippen molar-refractivity contribution in [2.75, 3.05) is 5.73 Å². The molecule has 0 aliphatic carbocycles. The monoisotopic (exact) mass is 339 g/mol. The number of halogens is 2. The van der Waals surface area contributed by atoms with Crippen molar-refractivity contribution in [2.24, 2.45) is 0 Å². The second-order valence-corrected chi connectivity index (χ2v) is 6.53. The van der Waals surface area contributed by atoms with Gasteiger partial charge in [0.05, 0.1) is 15.2 Å². The van der Waals surface area contributed by atoms with Crippen LogP contribution in [-0.2, 0) is 5.41 Å². The molecule has 0 aliphatic heterocycles. The predicted octanol–water partition coefficient (Wildman–Crippen LogP) is 4.44. The van der Waals surface area contributed by atoms with Crippen LogP contribution in [0.1, 0.15) is 26.5 Å². The largest absolute Gasteiger partial charge is 0.383 e. The SMILES string of the molecule is CC(C)(C)c1nc(-c2ccccc2Cl)nc(N)c1Br. The summed E-state index contributed by atoms with van der Waals surface area (Å²) in [5, 5.41) is 0.615. The quantitative estimate of drug-likeness (QED) is 0.835. The molecule has 1 heterocycles. The molecule has 0 spiro atoms. The zero-order valence-electron chi connectivity index (χ0n) is 11.0. The minimum atomic E-state index is -0.133. The summed E-state index contributed by atoms with van der Waals surface area (Å²) in [6.07, 6.45) is 0. The fraction of sp³-hybridized carbons (Fsp3) is 0.286. The fourth-order valence-corrected chi connectivity index (χ4v) is 2.72. The number of hydrogen-bond donors (Lipinski definition) is 1. The lowest BCUT2D eigenvalue weighted by atomic mass is 9.91. The lowest BCUT2D eigenvalue weighted by Crippen LogP contribution is -2.17. The first-order valence-corrected chi connectivity index (χ1v) is 7.06. The Balaban J connectivity index is 2.68. The van der Waals surface area contributed by atoms with Crippen molar-refractivity contribution in [1.82, 2.24) is 9.97 Å². The number of aromatic nitrogens is 2. The van der Waals surface area contributed by atoms with Gasteiger partial charge in [-0.05, 0) is 28.1 Å². The smallest absolute Gasteiger partial charge is 0.163 e. The molecular weight excluding hydrogens is 326 g/mol. The van der Waals surface area contributed by atoms with Crippen LogP contribution in [0.5, 0.6) is 0 Å². The van der Waals surface area contributed by atoms with Gasteiger partial charge in [0.15, 0.2) is 5.82 Å². The third kappa shape index (κ3) is 2.90. The molecule has 0 bridgehead atoms. The van der Waals surface area contributed by atoms with Crippen LogP contribution in [0, 0.1) is 0 Å². The molecule has 0 aliphatic rings. The van der Waals surface area contributed by atoms with Gasteiger partial charge in [0.25, 0.3) is 0 Å². The Hall–Kier alpha value is -1.13. The first kappa shape index (κ1) is 14.3. The van der Waals surface area contributed by atoms with E-state index in [9.17, 15) is 0 Å². The molecule has 0 saturated carbocycles. The van der Waals surface area contributed by atoms with Gasteiger partial charge in [-0.1, -0.05) is 44.5 Å². The van der Waals surface area contributed by atoms with Crippen molar-refractivity contribution in [3.63, 3.8) is 0 Å². The highest BCUT2D eigenvalue weighted by Crippen LogP contribution is 2.34. The Morgan fingerprint density at radius 3 is 2.37 bits per heavy atom. The van der Waals surface area contributed by atoms with Gasteiger partial charge in [0, 0.05) is 11.0 Å². The first-order chi connectivity index (χ1) is 8.80. The van der Waals surface area contributed by atoms with Gasteiger partial charge in [0.2, 0.25) is 0 Å². The van der Waals surface area contributed by atoms with Crippen molar-refractivity contribution in [1.29, 1.82) is 0 Å². The normalized spacial score (nSPS) is 11.6. The second kappa shape index (κ2) is 5.10. The molecule has 1 aromatic heterocycles. The van der Waals surface area contributed by atoms with E-state index >= 15 is 0 Å². The van der Waals surface area contributed by atoms with Crippen LogP contribution >= 0.6 is 27.5 Å². The van der Waals surface area contributed by atoms with Crippen molar-refractivity contribution < 1.29 is 0 Å². The van der Waals surface area contributed by atoms with E-state index in [2.05, 4.69) is 46.7 Å². The molecule has 2 N–H and O–H groups in total. The highest BCUT2D eigenvalue weighted by molar-refractivity contribution is 9.10. The topological polar surface area (TPSA) is 51.8 Å². The Labute approximate surface area is 126 Å². The molecule has 0 amide bonds. The van der Waals surface area contributed by atoms with Crippen molar-refractivity contribution >= 4 is 33.3 Å². The predicted molar refractivity (Wildman–Crippen MR) is 83.3 cm³/mol. The third-order valence-corrected chi connectivity index (χ3v) is 3.81.